The Kier molecular flexibility index (Phi) is 3.78. The van der Waals surface area contributed by atoms with E-state index in [1.54, 1.807) is 0 Å². The van der Waals surface area contributed by atoms with Gasteiger partial charge in [0, 0.05) is 18.3 Å². The standard InChI is InChI=1S/C17H21N3O/c1-12-7-3-4-8-13(12)17(21)18-11-16-19-14-9-5-6-10-15(14)20(16)2/h3-4,7-8H,5-6,9-11H2,1-2H3,(H,18,21). The predicted molar refractivity (Wildman–Crippen MR) is 82.2 cm³/mol. The number of carbonyl (C=O) groups excluding carboxylic acids is 1. The van der Waals surface area contributed by atoms with Crippen LogP contribution in [0.3, 0.4) is 0 Å². The van der Waals surface area contributed by atoms with E-state index in [0.29, 0.717) is 6.54 Å². The molecule has 1 aliphatic rings. The molecule has 0 atom stereocenters. The molecule has 1 heterocycles. The zero-order valence-corrected chi connectivity index (χ0v) is 12.6. The maximum atomic E-state index is 12.2. The van der Waals surface area contributed by atoms with Crippen molar-refractivity contribution in [1.82, 2.24) is 14.9 Å². The van der Waals surface area contributed by atoms with Crippen molar-refractivity contribution in [1.29, 1.82) is 0 Å². The van der Waals surface area contributed by atoms with E-state index < -0.39 is 0 Å². The lowest BCUT2D eigenvalue weighted by atomic mass is 10.0. The molecule has 1 aromatic carbocycles. The number of fused-ring (bicyclic) bond motifs is 1. The van der Waals surface area contributed by atoms with Crippen LogP contribution in [0.25, 0.3) is 0 Å². The van der Waals surface area contributed by atoms with Crippen LogP contribution >= 0.6 is 0 Å². The van der Waals surface area contributed by atoms with Crippen molar-refractivity contribution < 1.29 is 4.79 Å². The van der Waals surface area contributed by atoms with Crippen LogP contribution in [0, 0.1) is 6.92 Å². The summed E-state index contributed by atoms with van der Waals surface area (Å²) < 4.78 is 2.15. The normalized spacial score (nSPS) is 13.8. The monoisotopic (exact) mass is 283 g/mol. The minimum Gasteiger partial charge on any atom is -0.345 e. The Balaban J connectivity index is 1.72. The number of imidazole rings is 1. The molecule has 1 N–H and O–H groups in total. The molecule has 1 aromatic heterocycles. The van der Waals surface area contributed by atoms with Gasteiger partial charge in [-0.25, -0.2) is 4.98 Å². The Morgan fingerprint density at radius 1 is 1.29 bits per heavy atom. The van der Waals surface area contributed by atoms with E-state index in [2.05, 4.69) is 14.9 Å². The minimum atomic E-state index is -0.0333. The molecule has 0 radical (unpaired) electrons. The van der Waals surface area contributed by atoms with Crippen LogP contribution < -0.4 is 5.32 Å². The second kappa shape index (κ2) is 5.72. The number of benzene rings is 1. The van der Waals surface area contributed by atoms with Gasteiger partial charge in [-0.05, 0) is 44.2 Å². The molecule has 0 saturated heterocycles. The second-order valence-electron chi connectivity index (χ2n) is 5.69. The summed E-state index contributed by atoms with van der Waals surface area (Å²) in [5.41, 5.74) is 4.27. The Labute approximate surface area is 125 Å². The van der Waals surface area contributed by atoms with Gasteiger partial charge in [-0.15, -0.1) is 0 Å². The lowest BCUT2D eigenvalue weighted by molar-refractivity contribution is 0.0949. The molecule has 4 heteroatoms. The first-order valence-electron chi connectivity index (χ1n) is 7.54. The zero-order valence-electron chi connectivity index (χ0n) is 12.6. The van der Waals surface area contributed by atoms with Gasteiger partial charge in [0.15, 0.2) is 0 Å². The third-order valence-electron chi connectivity index (χ3n) is 4.26. The molecule has 1 amide bonds. The minimum absolute atomic E-state index is 0.0333. The van der Waals surface area contributed by atoms with Crippen molar-refractivity contribution in [2.45, 2.75) is 39.2 Å². The molecular formula is C17H21N3O. The smallest absolute Gasteiger partial charge is 0.251 e. The molecule has 0 aliphatic heterocycles. The van der Waals surface area contributed by atoms with Crippen LogP contribution in [0.15, 0.2) is 24.3 Å². The van der Waals surface area contributed by atoms with Crippen LogP contribution in [0.2, 0.25) is 0 Å². The van der Waals surface area contributed by atoms with E-state index in [0.717, 1.165) is 29.8 Å². The Hall–Kier alpha value is -2.10. The van der Waals surface area contributed by atoms with Crippen molar-refractivity contribution in [3.05, 3.63) is 52.6 Å². The van der Waals surface area contributed by atoms with E-state index in [4.69, 9.17) is 0 Å². The van der Waals surface area contributed by atoms with Gasteiger partial charge < -0.3 is 9.88 Å². The lowest BCUT2D eigenvalue weighted by Gasteiger charge is -2.11. The van der Waals surface area contributed by atoms with Crippen LogP contribution in [0.5, 0.6) is 0 Å². The molecular weight excluding hydrogens is 262 g/mol. The largest absolute Gasteiger partial charge is 0.345 e. The number of amides is 1. The fourth-order valence-electron chi connectivity index (χ4n) is 2.98. The van der Waals surface area contributed by atoms with Crippen molar-refractivity contribution in [2.75, 3.05) is 0 Å². The quantitative estimate of drug-likeness (QED) is 0.941. The van der Waals surface area contributed by atoms with Crippen molar-refractivity contribution in [3.8, 4) is 0 Å². The van der Waals surface area contributed by atoms with Gasteiger partial charge in [0.1, 0.15) is 5.82 Å². The highest BCUT2D eigenvalue weighted by molar-refractivity contribution is 5.95. The Morgan fingerprint density at radius 3 is 2.81 bits per heavy atom. The van der Waals surface area contributed by atoms with Gasteiger partial charge in [-0.1, -0.05) is 18.2 Å². The third-order valence-corrected chi connectivity index (χ3v) is 4.26. The summed E-state index contributed by atoms with van der Waals surface area (Å²) in [5, 5.41) is 2.98. The summed E-state index contributed by atoms with van der Waals surface area (Å²) in [6.07, 6.45) is 4.63. The second-order valence-corrected chi connectivity index (χ2v) is 5.69. The first kappa shape index (κ1) is 13.9. The maximum absolute atomic E-state index is 12.2. The van der Waals surface area contributed by atoms with Gasteiger partial charge in [0.2, 0.25) is 0 Å². The number of hydrogen-bond donors (Lipinski definition) is 1. The summed E-state index contributed by atoms with van der Waals surface area (Å²) in [6, 6.07) is 7.64. The summed E-state index contributed by atoms with van der Waals surface area (Å²) in [6.45, 7) is 2.44. The van der Waals surface area contributed by atoms with E-state index in [-0.39, 0.29) is 5.91 Å². The number of aromatic nitrogens is 2. The average molecular weight is 283 g/mol. The molecule has 0 spiro atoms. The number of carbonyl (C=O) groups is 1. The highest BCUT2D eigenvalue weighted by Crippen LogP contribution is 2.21. The summed E-state index contributed by atoms with van der Waals surface area (Å²) in [7, 11) is 2.05. The van der Waals surface area contributed by atoms with E-state index in [9.17, 15) is 4.79 Å². The fourth-order valence-corrected chi connectivity index (χ4v) is 2.98. The SMILES string of the molecule is Cc1ccccc1C(=O)NCc1nc2c(n1C)CCCC2. The van der Waals surface area contributed by atoms with E-state index in [1.807, 2.05) is 38.2 Å². The summed E-state index contributed by atoms with van der Waals surface area (Å²) in [4.78, 5) is 16.9. The molecule has 0 saturated carbocycles. The number of rotatable bonds is 3. The lowest BCUT2D eigenvalue weighted by Crippen LogP contribution is -2.25. The topological polar surface area (TPSA) is 46.9 Å². The van der Waals surface area contributed by atoms with Crippen molar-refractivity contribution in [2.24, 2.45) is 7.05 Å². The summed E-state index contributed by atoms with van der Waals surface area (Å²) in [5.74, 6) is 0.915. The molecule has 1 aliphatic carbocycles. The van der Waals surface area contributed by atoms with Crippen LogP contribution in [0.4, 0.5) is 0 Å². The highest BCUT2D eigenvalue weighted by Gasteiger charge is 2.18. The molecule has 4 nitrogen and oxygen atoms in total. The molecule has 0 unspecified atom stereocenters. The van der Waals surface area contributed by atoms with Gasteiger partial charge in [-0.3, -0.25) is 4.79 Å². The molecule has 2 aromatic rings. The molecule has 0 bridgehead atoms. The number of aryl methyl sites for hydroxylation is 2. The molecule has 110 valence electrons. The third kappa shape index (κ3) is 2.71. The average Bonchev–Trinajstić information content (AvgIpc) is 2.82. The first-order valence-corrected chi connectivity index (χ1v) is 7.54. The zero-order chi connectivity index (χ0) is 14.8. The van der Waals surface area contributed by atoms with Crippen LogP contribution in [-0.2, 0) is 26.4 Å². The predicted octanol–water partition coefficient (Wildman–Crippen LogP) is 2.54. The number of hydrogen-bond acceptors (Lipinski definition) is 2. The van der Waals surface area contributed by atoms with E-state index >= 15 is 0 Å². The van der Waals surface area contributed by atoms with Gasteiger partial charge in [-0.2, -0.15) is 0 Å². The highest BCUT2D eigenvalue weighted by atomic mass is 16.1. The first-order chi connectivity index (χ1) is 10.2. The van der Waals surface area contributed by atoms with Gasteiger partial charge in [0.25, 0.3) is 5.91 Å². The van der Waals surface area contributed by atoms with Crippen molar-refractivity contribution >= 4 is 5.91 Å². The Morgan fingerprint density at radius 2 is 2.05 bits per heavy atom. The molecule has 21 heavy (non-hydrogen) atoms. The van der Waals surface area contributed by atoms with Crippen LogP contribution in [0.1, 0.15) is 46.0 Å². The van der Waals surface area contributed by atoms with E-state index in [1.165, 1.54) is 24.2 Å². The Bertz CT molecular complexity index is 673. The molecule has 3 rings (SSSR count). The van der Waals surface area contributed by atoms with Gasteiger partial charge >= 0.3 is 0 Å². The number of nitrogens with zero attached hydrogens (tertiary/aromatic N) is 2. The van der Waals surface area contributed by atoms with Crippen molar-refractivity contribution in [3.63, 3.8) is 0 Å². The summed E-state index contributed by atoms with van der Waals surface area (Å²) >= 11 is 0. The number of nitrogens with one attached hydrogen (secondary N) is 1. The fraction of sp³-hybridized carbons (Fsp3) is 0.412. The van der Waals surface area contributed by atoms with Gasteiger partial charge in [0.05, 0.1) is 12.2 Å². The maximum Gasteiger partial charge on any atom is 0.251 e. The van der Waals surface area contributed by atoms with Crippen LogP contribution in [-0.4, -0.2) is 15.5 Å². The molecule has 0 fully saturated rings.